The van der Waals surface area contributed by atoms with Crippen molar-refractivity contribution in [3.8, 4) is 0 Å². The average molecular weight is 432 g/mol. The summed E-state index contributed by atoms with van der Waals surface area (Å²) in [6.45, 7) is 5.11. The third-order valence-electron chi connectivity index (χ3n) is 3.95. The van der Waals surface area contributed by atoms with E-state index in [4.69, 9.17) is 0 Å². The third kappa shape index (κ3) is 5.53. The van der Waals surface area contributed by atoms with E-state index in [0.29, 0.717) is 6.20 Å². The molecule has 0 fully saturated rings. The summed E-state index contributed by atoms with van der Waals surface area (Å²) in [4.78, 5) is 22.7. The van der Waals surface area contributed by atoms with Crippen LogP contribution in [-0.2, 0) is 11.0 Å². The Labute approximate surface area is 174 Å². The molecule has 0 unspecified atom stereocenters. The molecule has 3 N–H and O–H groups in total. The van der Waals surface area contributed by atoms with Crippen LogP contribution in [0.1, 0.15) is 11.1 Å². The summed E-state index contributed by atoms with van der Waals surface area (Å²) in [6.07, 6.45) is -1.93. The lowest BCUT2D eigenvalue weighted by Crippen LogP contribution is -2.14. The van der Waals surface area contributed by atoms with Crippen molar-refractivity contribution in [3.05, 3.63) is 72.5 Å². The molecule has 2 aromatic heterocycles. The van der Waals surface area contributed by atoms with E-state index in [0.717, 1.165) is 17.7 Å². The minimum Gasteiger partial charge on any atom is -0.338 e. The smallest absolute Gasteiger partial charge is 0.338 e. The number of hydrogen-bond donors (Lipinski definition) is 3. The normalized spacial score (nSPS) is 11.0. The summed E-state index contributed by atoms with van der Waals surface area (Å²) < 4.78 is 53.8. The number of benzene rings is 1. The molecular formula is C20H16F4N6O. The molecule has 0 atom stereocenters. The molecule has 1 amide bonds. The molecule has 0 aliphatic carbocycles. The summed E-state index contributed by atoms with van der Waals surface area (Å²) in [5.74, 6) is -2.07. The molecule has 0 aliphatic rings. The van der Waals surface area contributed by atoms with Crippen molar-refractivity contribution < 1.29 is 22.4 Å². The van der Waals surface area contributed by atoms with E-state index < -0.39 is 29.4 Å². The molecule has 0 spiro atoms. The second-order valence-electron chi connectivity index (χ2n) is 6.31. The lowest BCUT2D eigenvalue weighted by Gasteiger charge is -2.17. The van der Waals surface area contributed by atoms with Gasteiger partial charge in [0.25, 0.3) is 0 Å². The summed E-state index contributed by atoms with van der Waals surface area (Å²) in [7, 11) is 0. The molecule has 31 heavy (non-hydrogen) atoms. The summed E-state index contributed by atoms with van der Waals surface area (Å²) in [6, 6.07) is 7.18. The molecule has 0 aliphatic heterocycles. The molecule has 3 rings (SSSR count). The molecule has 11 heteroatoms. The van der Waals surface area contributed by atoms with Crippen molar-refractivity contribution in [1.82, 2.24) is 15.0 Å². The van der Waals surface area contributed by atoms with E-state index in [1.807, 2.05) is 0 Å². The second-order valence-corrected chi connectivity index (χ2v) is 6.31. The second kappa shape index (κ2) is 8.78. The fourth-order valence-electron chi connectivity index (χ4n) is 2.54. The van der Waals surface area contributed by atoms with Crippen molar-refractivity contribution in [2.75, 3.05) is 16.0 Å². The molecule has 160 valence electrons. The van der Waals surface area contributed by atoms with Crippen LogP contribution in [0.15, 0.2) is 55.4 Å². The molecule has 0 bridgehead atoms. The molecule has 0 saturated heterocycles. The summed E-state index contributed by atoms with van der Waals surface area (Å²) >= 11 is 0. The first-order valence-corrected chi connectivity index (χ1v) is 8.79. The zero-order valence-corrected chi connectivity index (χ0v) is 16.1. The maximum atomic E-state index is 13.5. The van der Waals surface area contributed by atoms with E-state index in [2.05, 4.69) is 37.5 Å². The van der Waals surface area contributed by atoms with Gasteiger partial charge in [0.05, 0.1) is 11.4 Å². The van der Waals surface area contributed by atoms with Gasteiger partial charge < -0.3 is 16.0 Å². The number of alkyl halides is 3. The SMILES string of the molecule is C=CC(=O)Nc1cc(C)ccc1Nc1nc(Nc2ccnc(F)c2)ncc1C(F)(F)F. The number of anilines is 5. The number of pyridine rings is 1. The number of aromatic nitrogens is 3. The zero-order chi connectivity index (χ0) is 22.6. The van der Waals surface area contributed by atoms with E-state index in [9.17, 15) is 22.4 Å². The Morgan fingerprint density at radius 3 is 2.55 bits per heavy atom. The molecule has 1 aromatic carbocycles. The van der Waals surface area contributed by atoms with Crippen LogP contribution in [0.3, 0.4) is 0 Å². The zero-order valence-electron chi connectivity index (χ0n) is 16.1. The van der Waals surface area contributed by atoms with Crippen molar-refractivity contribution in [3.63, 3.8) is 0 Å². The summed E-state index contributed by atoms with van der Waals surface area (Å²) in [5.41, 5.74) is 0.256. The van der Waals surface area contributed by atoms with Gasteiger partial charge in [-0.25, -0.2) is 9.97 Å². The number of halogens is 4. The largest absolute Gasteiger partial charge is 0.421 e. The minimum atomic E-state index is -4.75. The lowest BCUT2D eigenvalue weighted by molar-refractivity contribution is -0.137. The maximum absolute atomic E-state index is 13.5. The van der Waals surface area contributed by atoms with Crippen molar-refractivity contribution in [2.24, 2.45) is 0 Å². The molecule has 0 radical (unpaired) electrons. The maximum Gasteiger partial charge on any atom is 0.421 e. The minimum absolute atomic E-state index is 0.172. The number of amides is 1. The van der Waals surface area contributed by atoms with E-state index in [-0.39, 0.29) is 23.0 Å². The van der Waals surface area contributed by atoms with Gasteiger partial charge in [0.2, 0.25) is 17.8 Å². The van der Waals surface area contributed by atoms with Gasteiger partial charge in [-0.05, 0) is 36.8 Å². The number of nitrogens with zero attached hydrogens (tertiary/aromatic N) is 3. The van der Waals surface area contributed by atoms with Crippen LogP contribution in [0, 0.1) is 12.9 Å². The van der Waals surface area contributed by atoms with Crippen LogP contribution >= 0.6 is 0 Å². The predicted octanol–water partition coefficient (Wildman–Crippen LogP) is 4.95. The number of hydrogen-bond acceptors (Lipinski definition) is 6. The van der Waals surface area contributed by atoms with Crippen LogP contribution in [0.4, 0.5) is 46.4 Å². The lowest BCUT2D eigenvalue weighted by atomic mass is 10.1. The number of rotatable bonds is 6. The first kappa shape index (κ1) is 21.7. The van der Waals surface area contributed by atoms with Gasteiger partial charge in [-0.15, -0.1) is 0 Å². The molecular weight excluding hydrogens is 416 g/mol. The quantitative estimate of drug-likeness (QED) is 0.290. The third-order valence-corrected chi connectivity index (χ3v) is 3.95. The highest BCUT2D eigenvalue weighted by Gasteiger charge is 2.35. The fourth-order valence-corrected chi connectivity index (χ4v) is 2.54. The monoisotopic (exact) mass is 432 g/mol. The Hall–Kier alpha value is -4.02. The van der Waals surface area contributed by atoms with Crippen molar-refractivity contribution >= 4 is 34.7 Å². The first-order valence-electron chi connectivity index (χ1n) is 8.79. The number of carbonyl (C=O) groups is 1. The topological polar surface area (TPSA) is 91.8 Å². The van der Waals surface area contributed by atoms with Gasteiger partial charge in [-0.2, -0.15) is 22.5 Å². The Morgan fingerprint density at radius 2 is 1.87 bits per heavy atom. The molecule has 7 nitrogen and oxygen atoms in total. The van der Waals surface area contributed by atoms with Crippen LogP contribution in [0.25, 0.3) is 0 Å². The predicted molar refractivity (Wildman–Crippen MR) is 108 cm³/mol. The van der Waals surface area contributed by atoms with Gasteiger partial charge in [0, 0.05) is 24.1 Å². The fraction of sp³-hybridized carbons (Fsp3) is 0.100. The van der Waals surface area contributed by atoms with Crippen LogP contribution in [-0.4, -0.2) is 20.9 Å². The Kier molecular flexibility index (Phi) is 6.14. The van der Waals surface area contributed by atoms with Crippen molar-refractivity contribution in [2.45, 2.75) is 13.1 Å². The van der Waals surface area contributed by atoms with Gasteiger partial charge in [-0.3, -0.25) is 4.79 Å². The van der Waals surface area contributed by atoms with Crippen LogP contribution in [0.5, 0.6) is 0 Å². The number of carbonyl (C=O) groups excluding carboxylic acids is 1. The highest BCUT2D eigenvalue weighted by Crippen LogP contribution is 2.36. The molecule has 0 saturated carbocycles. The van der Waals surface area contributed by atoms with E-state index >= 15 is 0 Å². The van der Waals surface area contributed by atoms with Crippen molar-refractivity contribution in [1.29, 1.82) is 0 Å². The van der Waals surface area contributed by atoms with Gasteiger partial charge in [0.15, 0.2) is 0 Å². The van der Waals surface area contributed by atoms with Gasteiger partial charge in [0.1, 0.15) is 11.4 Å². The Morgan fingerprint density at radius 1 is 1.10 bits per heavy atom. The van der Waals surface area contributed by atoms with Crippen LogP contribution in [0.2, 0.25) is 0 Å². The Balaban J connectivity index is 2.00. The van der Waals surface area contributed by atoms with E-state index in [1.165, 1.54) is 18.3 Å². The van der Waals surface area contributed by atoms with Gasteiger partial charge >= 0.3 is 6.18 Å². The van der Waals surface area contributed by atoms with Crippen LogP contribution < -0.4 is 16.0 Å². The first-order chi connectivity index (χ1) is 14.7. The van der Waals surface area contributed by atoms with Gasteiger partial charge in [-0.1, -0.05) is 12.6 Å². The standard InChI is InChI=1S/C20H16F4N6O/c1-3-17(31)28-15-8-11(2)4-5-14(15)29-18-13(20(22,23)24)10-26-19(30-18)27-12-6-7-25-16(21)9-12/h3-10H,1H2,2H3,(H,28,31)(H2,25,26,27,29,30). The number of nitrogens with one attached hydrogen (secondary N) is 3. The molecule has 2 heterocycles. The highest BCUT2D eigenvalue weighted by molar-refractivity contribution is 6.01. The highest BCUT2D eigenvalue weighted by atomic mass is 19.4. The van der Waals surface area contributed by atoms with E-state index in [1.54, 1.807) is 19.1 Å². The Bertz CT molecular complexity index is 1130. The summed E-state index contributed by atoms with van der Waals surface area (Å²) in [5, 5.41) is 7.75. The molecule has 3 aromatic rings. The average Bonchev–Trinajstić information content (AvgIpc) is 2.69. The number of aryl methyl sites for hydroxylation is 1.